The van der Waals surface area contributed by atoms with Crippen molar-refractivity contribution >= 4 is 5.57 Å². The van der Waals surface area contributed by atoms with E-state index in [4.69, 9.17) is 5.26 Å². The molecule has 0 aromatic heterocycles. The molecule has 2 heteroatoms. The molecule has 0 saturated heterocycles. The summed E-state index contributed by atoms with van der Waals surface area (Å²) in [5, 5.41) is 8.47. The first kappa shape index (κ1) is 9.47. The number of hydrogen-bond donors (Lipinski definition) is 0. The summed E-state index contributed by atoms with van der Waals surface area (Å²) in [7, 11) is 0. The average Bonchev–Trinajstić information content (AvgIpc) is 2.16. The quantitative estimate of drug-likeness (QED) is 0.633. The average molecular weight is 175 g/mol. The topological polar surface area (TPSA) is 23.8 Å². The lowest BCUT2D eigenvalue weighted by Gasteiger charge is -2.03. The van der Waals surface area contributed by atoms with Crippen LogP contribution < -0.4 is 0 Å². The van der Waals surface area contributed by atoms with E-state index in [1.165, 1.54) is 12.1 Å². The molecule has 0 N–H and O–H groups in total. The Morgan fingerprint density at radius 3 is 2.77 bits per heavy atom. The van der Waals surface area contributed by atoms with Crippen LogP contribution in [0.4, 0.5) is 4.39 Å². The third kappa shape index (κ3) is 2.16. The van der Waals surface area contributed by atoms with E-state index in [-0.39, 0.29) is 5.82 Å². The molecule has 0 spiro atoms. The zero-order chi connectivity index (χ0) is 9.68. The highest BCUT2D eigenvalue weighted by molar-refractivity contribution is 5.67. The van der Waals surface area contributed by atoms with E-state index in [9.17, 15) is 4.39 Å². The van der Waals surface area contributed by atoms with Crippen LogP contribution in [0.25, 0.3) is 5.57 Å². The summed E-state index contributed by atoms with van der Waals surface area (Å²) in [5.41, 5.74) is 1.26. The SMILES string of the molecule is CC/C(=C/C#N)c1ccccc1F. The first-order chi connectivity index (χ1) is 6.29. The van der Waals surface area contributed by atoms with Crippen molar-refractivity contribution < 1.29 is 4.39 Å². The fourth-order valence-corrected chi connectivity index (χ4v) is 1.17. The fraction of sp³-hybridized carbons (Fsp3) is 0.182. The van der Waals surface area contributed by atoms with Gasteiger partial charge in [-0.2, -0.15) is 5.26 Å². The predicted molar refractivity (Wildman–Crippen MR) is 50.3 cm³/mol. The van der Waals surface area contributed by atoms with Gasteiger partial charge in [0.25, 0.3) is 0 Å². The van der Waals surface area contributed by atoms with Gasteiger partial charge in [-0.15, -0.1) is 0 Å². The highest BCUT2D eigenvalue weighted by Gasteiger charge is 2.03. The molecule has 66 valence electrons. The lowest BCUT2D eigenvalue weighted by Crippen LogP contribution is -1.87. The van der Waals surface area contributed by atoms with Crippen molar-refractivity contribution in [2.24, 2.45) is 0 Å². The summed E-state index contributed by atoms with van der Waals surface area (Å²) >= 11 is 0. The number of rotatable bonds is 2. The van der Waals surface area contributed by atoms with Gasteiger partial charge in [0.2, 0.25) is 0 Å². The maximum Gasteiger partial charge on any atom is 0.130 e. The molecule has 0 aliphatic carbocycles. The van der Waals surface area contributed by atoms with E-state index in [1.807, 2.05) is 13.0 Å². The van der Waals surface area contributed by atoms with Crippen molar-refractivity contribution in [2.45, 2.75) is 13.3 Å². The van der Waals surface area contributed by atoms with Gasteiger partial charge in [-0.1, -0.05) is 25.1 Å². The van der Waals surface area contributed by atoms with E-state index >= 15 is 0 Å². The molecule has 0 radical (unpaired) electrons. The lowest BCUT2D eigenvalue weighted by atomic mass is 10.0. The van der Waals surface area contributed by atoms with E-state index in [0.29, 0.717) is 12.0 Å². The first-order valence-electron chi connectivity index (χ1n) is 4.13. The standard InChI is InChI=1S/C11H10FN/c1-2-9(7-8-13)10-5-3-4-6-11(10)12/h3-7H,2H2,1H3/b9-7-. The Hall–Kier alpha value is -1.62. The van der Waals surface area contributed by atoms with Gasteiger partial charge in [-0.25, -0.2) is 4.39 Å². The van der Waals surface area contributed by atoms with Crippen LogP contribution in [0.15, 0.2) is 30.3 Å². The Labute approximate surface area is 77.1 Å². The monoisotopic (exact) mass is 175 g/mol. The minimum atomic E-state index is -0.272. The van der Waals surface area contributed by atoms with Crippen molar-refractivity contribution in [1.29, 1.82) is 5.26 Å². The van der Waals surface area contributed by atoms with Crippen LogP contribution in [0, 0.1) is 17.1 Å². The highest BCUT2D eigenvalue weighted by atomic mass is 19.1. The van der Waals surface area contributed by atoms with Crippen LogP contribution in [0.1, 0.15) is 18.9 Å². The molecular formula is C11H10FN. The number of hydrogen-bond acceptors (Lipinski definition) is 1. The second-order valence-corrected chi connectivity index (χ2v) is 2.63. The Morgan fingerprint density at radius 2 is 2.23 bits per heavy atom. The van der Waals surface area contributed by atoms with Crippen LogP contribution in [0.2, 0.25) is 0 Å². The number of nitrogens with zero attached hydrogens (tertiary/aromatic N) is 1. The van der Waals surface area contributed by atoms with Crippen molar-refractivity contribution in [1.82, 2.24) is 0 Å². The second kappa shape index (κ2) is 4.42. The molecule has 0 fully saturated rings. The van der Waals surface area contributed by atoms with Crippen LogP contribution in [0.5, 0.6) is 0 Å². The van der Waals surface area contributed by atoms with Crippen LogP contribution in [0.3, 0.4) is 0 Å². The normalized spacial score (nSPS) is 11.0. The Balaban J connectivity index is 3.14. The Morgan fingerprint density at radius 1 is 1.54 bits per heavy atom. The van der Waals surface area contributed by atoms with Crippen LogP contribution in [-0.2, 0) is 0 Å². The molecular weight excluding hydrogens is 165 g/mol. The maximum atomic E-state index is 13.2. The van der Waals surface area contributed by atoms with Gasteiger partial charge < -0.3 is 0 Å². The molecule has 0 bridgehead atoms. The molecule has 0 atom stereocenters. The maximum absolute atomic E-state index is 13.2. The summed E-state index contributed by atoms with van der Waals surface area (Å²) in [6.45, 7) is 1.90. The Kier molecular flexibility index (Phi) is 3.22. The molecule has 0 heterocycles. The van der Waals surface area contributed by atoms with E-state index in [1.54, 1.807) is 18.2 Å². The number of allylic oxidation sites excluding steroid dienone is 2. The summed E-state index contributed by atoms with van der Waals surface area (Å²) in [6.07, 6.45) is 2.05. The third-order valence-corrected chi connectivity index (χ3v) is 1.84. The number of benzene rings is 1. The molecule has 1 aromatic rings. The smallest absolute Gasteiger partial charge is 0.130 e. The summed E-state index contributed by atoms with van der Waals surface area (Å²) in [5.74, 6) is -0.272. The summed E-state index contributed by atoms with van der Waals surface area (Å²) < 4.78 is 13.2. The zero-order valence-electron chi connectivity index (χ0n) is 7.42. The van der Waals surface area contributed by atoms with Gasteiger partial charge in [0.1, 0.15) is 5.82 Å². The van der Waals surface area contributed by atoms with E-state index in [0.717, 1.165) is 5.57 Å². The van der Waals surface area contributed by atoms with Gasteiger partial charge in [-0.05, 0) is 18.1 Å². The number of halogens is 1. The largest absolute Gasteiger partial charge is 0.206 e. The van der Waals surface area contributed by atoms with Gasteiger partial charge in [0, 0.05) is 11.6 Å². The van der Waals surface area contributed by atoms with Gasteiger partial charge in [0.05, 0.1) is 6.07 Å². The van der Waals surface area contributed by atoms with E-state index in [2.05, 4.69) is 0 Å². The van der Waals surface area contributed by atoms with Crippen molar-refractivity contribution in [3.8, 4) is 6.07 Å². The molecule has 0 aliphatic rings. The van der Waals surface area contributed by atoms with Crippen molar-refractivity contribution in [3.63, 3.8) is 0 Å². The minimum absolute atomic E-state index is 0.272. The van der Waals surface area contributed by atoms with Crippen molar-refractivity contribution in [3.05, 3.63) is 41.7 Å². The number of nitriles is 1. The Bertz CT molecular complexity index is 361. The van der Waals surface area contributed by atoms with Crippen LogP contribution >= 0.6 is 0 Å². The fourth-order valence-electron chi connectivity index (χ4n) is 1.17. The molecule has 0 saturated carbocycles. The molecule has 13 heavy (non-hydrogen) atoms. The van der Waals surface area contributed by atoms with Gasteiger partial charge in [0.15, 0.2) is 0 Å². The lowest BCUT2D eigenvalue weighted by molar-refractivity contribution is 0.623. The summed E-state index contributed by atoms with van der Waals surface area (Å²) in [6, 6.07) is 8.40. The third-order valence-electron chi connectivity index (χ3n) is 1.84. The molecule has 0 amide bonds. The molecule has 0 unspecified atom stereocenters. The first-order valence-corrected chi connectivity index (χ1v) is 4.13. The zero-order valence-corrected chi connectivity index (χ0v) is 7.42. The minimum Gasteiger partial charge on any atom is -0.206 e. The molecule has 1 rings (SSSR count). The molecule has 1 nitrogen and oxygen atoms in total. The summed E-state index contributed by atoms with van der Waals surface area (Å²) in [4.78, 5) is 0. The van der Waals surface area contributed by atoms with Crippen LogP contribution in [-0.4, -0.2) is 0 Å². The molecule has 1 aromatic carbocycles. The predicted octanol–water partition coefficient (Wildman–Crippen LogP) is 3.14. The van der Waals surface area contributed by atoms with Gasteiger partial charge >= 0.3 is 0 Å². The second-order valence-electron chi connectivity index (χ2n) is 2.63. The molecule has 0 aliphatic heterocycles. The van der Waals surface area contributed by atoms with Crippen molar-refractivity contribution in [2.75, 3.05) is 0 Å². The van der Waals surface area contributed by atoms with Gasteiger partial charge in [-0.3, -0.25) is 0 Å². The highest BCUT2D eigenvalue weighted by Crippen LogP contribution is 2.20. The van der Waals surface area contributed by atoms with E-state index < -0.39 is 0 Å².